The number of likely N-dealkylation sites (tertiary alicyclic amines) is 1. The van der Waals surface area contributed by atoms with E-state index in [0.717, 1.165) is 6.42 Å². The number of hydrogen-bond acceptors (Lipinski definition) is 2. The molecule has 1 aliphatic heterocycles. The van der Waals surface area contributed by atoms with Crippen molar-refractivity contribution in [2.75, 3.05) is 13.1 Å². The van der Waals surface area contributed by atoms with Crippen LogP contribution in [0.25, 0.3) is 0 Å². The van der Waals surface area contributed by atoms with Crippen molar-refractivity contribution in [3.8, 4) is 6.07 Å². The summed E-state index contributed by atoms with van der Waals surface area (Å²) in [5, 5.41) is 8.96. The summed E-state index contributed by atoms with van der Waals surface area (Å²) in [7, 11) is 0. The highest BCUT2D eigenvalue weighted by atomic mass is 15.2. The van der Waals surface area contributed by atoms with E-state index >= 15 is 0 Å². The Hall–Kier alpha value is -0.550. The van der Waals surface area contributed by atoms with Crippen LogP contribution in [0.5, 0.6) is 0 Å². The van der Waals surface area contributed by atoms with Gasteiger partial charge in [-0.25, -0.2) is 0 Å². The van der Waals surface area contributed by atoms with Gasteiger partial charge in [-0.15, -0.1) is 0 Å². The second-order valence-corrected chi connectivity index (χ2v) is 5.02. The van der Waals surface area contributed by atoms with Gasteiger partial charge in [0.15, 0.2) is 0 Å². The van der Waals surface area contributed by atoms with Crippen molar-refractivity contribution in [3.63, 3.8) is 0 Å². The molecule has 0 radical (unpaired) electrons. The molecule has 2 nitrogen and oxygen atoms in total. The Kier molecular flexibility index (Phi) is 2.78. The molecule has 2 rings (SSSR count). The lowest BCUT2D eigenvalue weighted by Gasteiger charge is -2.54. The van der Waals surface area contributed by atoms with Gasteiger partial charge in [-0.2, -0.15) is 5.26 Å². The quantitative estimate of drug-likeness (QED) is 0.672. The zero-order chi connectivity index (χ0) is 10.0. The predicted octanol–water partition coefficient (Wildman–Crippen LogP) is 2.55. The average molecular weight is 192 g/mol. The Morgan fingerprint density at radius 2 is 1.93 bits per heavy atom. The molecule has 0 aromatic rings. The largest absolute Gasteiger partial charge is 0.287 e. The van der Waals surface area contributed by atoms with Crippen LogP contribution in [0.15, 0.2) is 0 Å². The van der Waals surface area contributed by atoms with Crippen LogP contribution in [-0.4, -0.2) is 24.0 Å². The van der Waals surface area contributed by atoms with Gasteiger partial charge in [-0.05, 0) is 24.7 Å². The topological polar surface area (TPSA) is 27.0 Å². The Morgan fingerprint density at radius 1 is 1.29 bits per heavy atom. The fraction of sp³-hybridized carbons (Fsp3) is 0.917. The van der Waals surface area contributed by atoms with Crippen molar-refractivity contribution in [1.82, 2.24) is 4.90 Å². The van der Waals surface area contributed by atoms with Gasteiger partial charge in [-0.1, -0.05) is 26.2 Å². The minimum atomic E-state index is 0.183. The van der Waals surface area contributed by atoms with Gasteiger partial charge >= 0.3 is 0 Å². The van der Waals surface area contributed by atoms with Crippen molar-refractivity contribution >= 4 is 0 Å². The average Bonchev–Trinajstić information content (AvgIpc) is 2.19. The van der Waals surface area contributed by atoms with Gasteiger partial charge in [0.1, 0.15) is 0 Å². The van der Waals surface area contributed by atoms with E-state index in [1.54, 1.807) is 0 Å². The number of rotatable bonds is 2. The molecule has 1 aliphatic carbocycles. The molecule has 2 fully saturated rings. The smallest absolute Gasteiger partial charge is 0.0975 e. The van der Waals surface area contributed by atoms with Crippen LogP contribution in [0.4, 0.5) is 0 Å². The summed E-state index contributed by atoms with van der Waals surface area (Å²) in [5.41, 5.74) is 0.628. The second-order valence-electron chi connectivity index (χ2n) is 5.02. The van der Waals surface area contributed by atoms with E-state index < -0.39 is 0 Å². The maximum absolute atomic E-state index is 8.96. The molecule has 0 aromatic heterocycles. The molecule has 1 atom stereocenters. The lowest BCUT2D eigenvalue weighted by atomic mass is 9.68. The van der Waals surface area contributed by atoms with E-state index in [9.17, 15) is 0 Å². The van der Waals surface area contributed by atoms with Gasteiger partial charge in [-0.3, -0.25) is 4.90 Å². The molecule has 1 spiro atoms. The summed E-state index contributed by atoms with van der Waals surface area (Å²) in [6.07, 6.45) is 8.05. The summed E-state index contributed by atoms with van der Waals surface area (Å²) in [6.45, 7) is 4.50. The SMILES string of the molecule is CCC(C#N)N1CC2(CCCCC2)C1. The first-order valence-corrected chi connectivity index (χ1v) is 5.93. The molecule has 2 heteroatoms. The molecule has 1 saturated carbocycles. The van der Waals surface area contributed by atoms with Gasteiger partial charge in [0.2, 0.25) is 0 Å². The third-order valence-corrected chi connectivity index (χ3v) is 3.97. The Balaban J connectivity index is 1.85. The number of nitriles is 1. The molecule has 0 aromatic carbocycles. The fourth-order valence-corrected chi connectivity index (χ4v) is 3.08. The van der Waals surface area contributed by atoms with Crippen molar-refractivity contribution in [3.05, 3.63) is 0 Å². The highest BCUT2D eigenvalue weighted by Gasteiger charge is 2.45. The first-order valence-electron chi connectivity index (χ1n) is 5.93. The molecule has 1 saturated heterocycles. The molecule has 1 unspecified atom stereocenters. The van der Waals surface area contributed by atoms with E-state index in [0.29, 0.717) is 5.41 Å². The van der Waals surface area contributed by atoms with E-state index in [-0.39, 0.29) is 6.04 Å². The van der Waals surface area contributed by atoms with Crippen molar-refractivity contribution in [2.24, 2.45) is 5.41 Å². The fourth-order valence-electron chi connectivity index (χ4n) is 3.08. The van der Waals surface area contributed by atoms with Crippen LogP contribution >= 0.6 is 0 Å². The van der Waals surface area contributed by atoms with E-state index in [2.05, 4.69) is 17.9 Å². The highest BCUT2D eigenvalue weighted by Crippen LogP contribution is 2.44. The zero-order valence-corrected chi connectivity index (χ0v) is 9.13. The summed E-state index contributed by atoms with van der Waals surface area (Å²) < 4.78 is 0. The van der Waals surface area contributed by atoms with Crippen LogP contribution in [0.1, 0.15) is 45.4 Å². The van der Waals surface area contributed by atoms with Gasteiger partial charge in [0, 0.05) is 13.1 Å². The molecule has 1 heterocycles. The van der Waals surface area contributed by atoms with Crippen LogP contribution < -0.4 is 0 Å². The predicted molar refractivity (Wildman–Crippen MR) is 56.8 cm³/mol. The molecule has 0 N–H and O–H groups in total. The van der Waals surface area contributed by atoms with Crippen LogP contribution in [-0.2, 0) is 0 Å². The number of nitrogens with zero attached hydrogens (tertiary/aromatic N) is 2. The summed E-state index contributed by atoms with van der Waals surface area (Å²) in [6, 6.07) is 2.58. The summed E-state index contributed by atoms with van der Waals surface area (Å²) in [4.78, 5) is 2.37. The maximum atomic E-state index is 8.96. The van der Waals surface area contributed by atoms with Crippen LogP contribution in [0, 0.1) is 16.7 Å². The van der Waals surface area contributed by atoms with E-state index in [4.69, 9.17) is 5.26 Å². The van der Waals surface area contributed by atoms with Crippen LogP contribution in [0.3, 0.4) is 0 Å². The molecule has 14 heavy (non-hydrogen) atoms. The first kappa shape index (κ1) is 9.98. The van der Waals surface area contributed by atoms with Crippen molar-refractivity contribution in [2.45, 2.75) is 51.5 Å². The van der Waals surface area contributed by atoms with Crippen molar-refractivity contribution in [1.29, 1.82) is 5.26 Å². The van der Waals surface area contributed by atoms with Gasteiger partial charge in [0.05, 0.1) is 12.1 Å². The molecule has 78 valence electrons. The zero-order valence-electron chi connectivity index (χ0n) is 9.13. The summed E-state index contributed by atoms with van der Waals surface area (Å²) >= 11 is 0. The van der Waals surface area contributed by atoms with Crippen LogP contribution in [0.2, 0.25) is 0 Å². The first-order chi connectivity index (χ1) is 6.79. The molecular weight excluding hydrogens is 172 g/mol. The highest BCUT2D eigenvalue weighted by molar-refractivity contribution is 5.03. The molecular formula is C12H20N2. The third kappa shape index (κ3) is 1.66. The minimum absolute atomic E-state index is 0.183. The minimum Gasteiger partial charge on any atom is -0.287 e. The van der Waals surface area contributed by atoms with Gasteiger partial charge in [0.25, 0.3) is 0 Å². The maximum Gasteiger partial charge on any atom is 0.0975 e. The molecule has 2 aliphatic rings. The van der Waals surface area contributed by atoms with E-state index in [1.165, 1.54) is 45.2 Å². The molecule has 0 amide bonds. The monoisotopic (exact) mass is 192 g/mol. The Bertz CT molecular complexity index is 227. The Labute approximate surface area is 86.9 Å². The van der Waals surface area contributed by atoms with E-state index in [1.807, 2.05) is 0 Å². The lowest BCUT2D eigenvalue weighted by Crippen LogP contribution is -2.60. The molecule has 0 bridgehead atoms. The second kappa shape index (κ2) is 3.90. The lowest BCUT2D eigenvalue weighted by molar-refractivity contribution is -0.0430. The van der Waals surface area contributed by atoms with Crippen molar-refractivity contribution < 1.29 is 0 Å². The number of hydrogen-bond donors (Lipinski definition) is 0. The third-order valence-electron chi connectivity index (χ3n) is 3.97. The Morgan fingerprint density at radius 3 is 2.43 bits per heavy atom. The normalized spacial score (nSPS) is 28.0. The summed E-state index contributed by atoms with van der Waals surface area (Å²) in [5.74, 6) is 0. The van der Waals surface area contributed by atoms with Gasteiger partial charge < -0.3 is 0 Å². The standard InChI is InChI=1S/C12H20N2/c1-2-11(8-13)14-9-12(10-14)6-4-3-5-7-12/h11H,2-7,9-10H2,1H3.